The molecule has 0 spiro atoms. The summed E-state index contributed by atoms with van der Waals surface area (Å²) in [6.45, 7) is 0. The van der Waals surface area contributed by atoms with E-state index in [1.54, 1.807) is 0 Å². The standard InChI is InChI=1S/C52H31N3/c53-32-34-22-27-50-48(30-34)42-15-10-11-21-49(42)55(50)40-29-35(33-54)28-39(31-40)36-23-25-37(26-24-36)41-14-4-5-16-43(41)52-46-19-8-6-17-44(46)51(38-12-2-1-3-13-38)45-18-7-9-20-47(45)52/h1-31H. The Hall–Kier alpha value is -7.72. The predicted octanol–water partition coefficient (Wildman–Crippen LogP) is 13.5. The van der Waals surface area contributed by atoms with Crippen molar-refractivity contribution >= 4 is 43.4 Å². The lowest BCUT2D eigenvalue weighted by Crippen LogP contribution is -1.96. The van der Waals surface area contributed by atoms with E-state index < -0.39 is 0 Å². The molecule has 3 heteroatoms. The van der Waals surface area contributed by atoms with Gasteiger partial charge in [-0.2, -0.15) is 10.5 Å². The number of para-hydroxylation sites is 1. The summed E-state index contributed by atoms with van der Waals surface area (Å²) < 4.78 is 2.19. The quantitative estimate of drug-likeness (QED) is 0.168. The lowest BCUT2D eigenvalue weighted by molar-refractivity contribution is 1.18. The smallest absolute Gasteiger partial charge is 0.0992 e. The van der Waals surface area contributed by atoms with Gasteiger partial charge in [0.25, 0.3) is 0 Å². The van der Waals surface area contributed by atoms with Crippen molar-refractivity contribution in [3.8, 4) is 62.3 Å². The first-order valence-corrected chi connectivity index (χ1v) is 18.4. The minimum absolute atomic E-state index is 0.583. The maximum atomic E-state index is 10.2. The first kappa shape index (κ1) is 32.0. The molecule has 10 rings (SSSR count). The van der Waals surface area contributed by atoms with E-state index in [4.69, 9.17) is 0 Å². The van der Waals surface area contributed by atoms with E-state index in [1.165, 1.54) is 43.8 Å². The van der Waals surface area contributed by atoms with Gasteiger partial charge in [-0.05, 0) is 109 Å². The van der Waals surface area contributed by atoms with Crippen molar-refractivity contribution in [1.29, 1.82) is 10.5 Å². The van der Waals surface area contributed by atoms with Crippen LogP contribution in [-0.4, -0.2) is 4.57 Å². The highest BCUT2D eigenvalue weighted by Crippen LogP contribution is 2.46. The van der Waals surface area contributed by atoms with Gasteiger partial charge in [-0.15, -0.1) is 0 Å². The van der Waals surface area contributed by atoms with Crippen LogP contribution in [0.5, 0.6) is 0 Å². The lowest BCUT2D eigenvalue weighted by atomic mass is 9.84. The van der Waals surface area contributed by atoms with E-state index in [9.17, 15) is 10.5 Å². The van der Waals surface area contributed by atoms with Crippen LogP contribution in [0.1, 0.15) is 11.1 Å². The third-order valence-corrected chi connectivity index (χ3v) is 10.8. The molecule has 0 unspecified atom stereocenters. The number of nitrogens with zero attached hydrogens (tertiary/aromatic N) is 3. The molecule has 0 aliphatic rings. The molecule has 10 aromatic rings. The highest BCUT2D eigenvalue weighted by molar-refractivity contribution is 6.22. The summed E-state index contributed by atoms with van der Waals surface area (Å²) in [5, 5.41) is 26.8. The van der Waals surface area contributed by atoms with Crippen molar-refractivity contribution < 1.29 is 0 Å². The fourth-order valence-electron chi connectivity index (χ4n) is 8.42. The molecular formula is C52H31N3. The van der Waals surface area contributed by atoms with E-state index in [0.717, 1.165) is 49.7 Å². The Labute approximate surface area is 318 Å². The van der Waals surface area contributed by atoms with Gasteiger partial charge >= 0.3 is 0 Å². The van der Waals surface area contributed by atoms with Gasteiger partial charge in [0, 0.05) is 16.5 Å². The number of rotatable bonds is 5. The van der Waals surface area contributed by atoms with Gasteiger partial charge in [0.15, 0.2) is 0 Å². The van der Waals surface area contributed by atoms with Gasteiger partial charge in [-0.1, -0.05) is 146 Å². The number of hydrogen-bond donors (Lipinski definition) is 0. The maximum absolute atomic E-state index is 10.2. The first-order chi connectivity index (χ1) is 27.2. The molecule has 3 nitrogen and oxygen atoms in total. The summed E-state index contributed by atoms with van der Waals surface area (Å²) in [6, 6.07) is 70.4. The second-order valence-electron chi connectivity index (χ2n) is 13.9. The molecule has 55 heavy (non-hydrogen) atoms. The zero-order chi connectivity index (χ0) is 36.9. The molecule has 0 fully saturated rings. The number of nitriles is 2. The Kier molecular flexibility index (Phi) is 7.58. The molecule has 0 saturated heterocycles. The summed E-state index contributed by atoms with van der Waals surface area (Å²) in [5.74, 6) is 0. The van der Waals surface area contributed by atoms with Gasteiger partial charge in [0.1, 0.15) is 0 Å². The second kappa shape index (κ2) is 13.0. The monoisotopic (exact) mass is 697 g/mol. The van der Waals surface area contributed by atoms with Crippen LogP contribution in [0.3, 0.4) is 0 Å². The average molecular weight is 698 g/mol. The largest absolute Gasteiger partial charge is 0.309 e. The van der Waals surface area contributed by atoms with Crippen LogP contribution >= 0.6 is 0 Å². The summed E-state index contributed by atoms with van der Waals surface area (Å²) in [4.78, 5) is 0. The molecule has 1 heterocycles. The minimum atomic E-state index is 0.583. The van der Waals surface area contributed by atoms with Crippen LogP contribution in [-0.2, 0) is 0 Å². The normalized spacial score (nSPS) is 11.2. The molecule has 0 radical (unpaired) electrons. The molecular weight excluding hydrogens is 667 g/mol. The molecule has 0 aliphatic heterocycles. The van der Waals surface area contributed by atoms with Gasteiger partial charge < -0.3 is 4.57 Å². The Morgan fingerprint density at radius 2 is 0.873 bits per heavy atom. The molecule has 0 aliphatic carbocycles. The molecule has 9 aromatic carbocycles. The molecule has 0 amide bonds. The predicted molar refractivity (Wildman–Crippen MR) is 227 cm³/mol. The second-order valence-corrected chi connectivity index (χ2v) is 13.9. The van der Waals surface area contributed by atoms with Crippen LogP contribution in [0.4, 0.5) is 0 Å². The third kappa shape index (κ3) is 5.27. The Morgan fingerprint density at radius 3 is 1.55 bits per heavy atom. The zero-order valence-electron chi connectivity index (χ0n) is 29.7. The summed E-state index contributed by atoms with van der Waals surface area (Å²) >= 11 is 0. The van der Waals surface area contributed by atoms with Crippen LogP contribution < -0.4 is 0 Å². The highest BCUT2D eigenvalue weighted by atomic mass is 15.0. The molecule has 0 bridgehead atoms. The molecule has 1 aromatic heterocycles. The number of fused-ring (bicyclic) bond motifs is 5. The van der Waals surface area contributed by atoms with Gasteiger partial charge in [0.2, 0.25) is 0 Å². The van der Waals surface area contributed by atoms with Crippen LogP contribution in [0.15, 0.2) is 188 Å². The van der Waals surface area contributed by atoms with Crippen molar-refractivity contribution in [3.63, 3.8) is 0 Å². The fraction of sp³-hybridized carbons (Fsp3) is 0. The average Bonchev–Trinajstić information content (AvgIpc) is 3.59. The van der Waals surface area contributed by atoms with Crippen LogP contribution in [0.25, 0.3) is 93.5 Å². The summed E-state index contributed by atoms with van der Waals surface area (Å²) in [6.07, 6.45) is 0. The SMILES string of the molecule is N#Cc1cc(-c2ccc(-c3ccccc3-c3c4ccccc4c(-c4ccccc4)c4ccccc34)cc2)cc(-n2c3ccccc3c3cc(C#N)ccc32)c1. The topological polar surface area (TPSA) is 52.5 Å². The number of aromatic nitrogens is 1. The van der Waals surface area contributed by atoms with Crippen LogP contribution in [0.2, 0.25) is 0 Å². The molecule has 254 valence electrons. The van der Waals surface area contributed by atoms with Crippen LogP contribution in [0, 0.1) is 22.7 Å². The Balaban J connectivity index is 1.11. The Morgan fingerprint density at radius 1 is 0.327 bits per heavy atom. The number of hydrogen-bond acceptors (Lipinski definition) is 2. The maximum Gasteiger partial charge on any atom is 0.0992 e. The minimum Gasteiger partial charge on any atom is -0.309 e. The Bertz CT molecular complexity index is 3150. The molecule has 0 saturated carbocycles. The third-order valence-electron chi connectivity index (χ3n) is 10.8. The van der Waals surface area contributed by atoms with Crippen molar-refractivity contribution in [1.82, 2.24) is 4.57 Å². The van der Waals surface area contributed by atoms with Crippen molar-refractivity contribution in [2.45, 2.75) is 0 Å². The van der Waals surface area contributed by atoms with E-state index in [0.29, 0.717) is 11.1 Å². The summed E-state index contributed by atoms with van der Waals surface area (Å²) in [7, 11) is 0. The summed E-state index contributed by atoms with van der Waals surface area (Å²) in [5.41, 5.74) is 13.2. The first-order valence-electron chi connectivity index (χ1n) is 18.4. The van der Waals surface area contributed by atoms with Crippen molar-refractivity contribution in [3.05, 3.63) is 199 Å². The lowest BCUT2D eigenvalue weighted by Gasteiger charge is -2.19. The van der Waals surface area contributed by atoms with Gasteiger partial charge in [0.05, 0.1) is 34.3 Å². The van der Waals surface area contributed by atoms with Gasteiger partial charge in [-0.25, -0.2) is 0 Å². The highest BCUT2D eigenvalue weighted by Gasteiger charge is 2.19. The van der Waals surface area contributed by atoms with Crippen molar-refractivity contribution in [2.24, 2.45) is 0 Å². The molecule has 0 N–H and O–H groups in total. The molecule has 0 atom stereocenters. The number of benzene rings is 9. The van der Waals surface area contributed by atoms with E-state index in [-0.39, 0.29) is 0 Å². The van der Waals surface area contributed by atoms with E-state index >= 15 is 0 Å². The van der Waals surface area contributed by atoms with Crippen molar-refractivity contribution in [2.75, 3.05) is 0 Å². The van der Waals surface area contributed by atoms with Gasteiger partial charge in [-0.3, -0.25) is 0 Å². The fourth-order valence-corrected chi connectivity index (χ4v) is 8.42. The van der Waals surface area contributed by atoms with E-state index in [2.05, 4.69) is 162 Å². The zero-order valence-corrected chi connectivity index (χ0v) is 29.7. The van der Waals surface area contributed by atoms with E-state index in [1.807, 2.05) is 42.5 Å².